The second-order valence-electron chi connectivity index (χ2n) is 6.70. The van der Waals surface area contributed by atoms with Gasteiger partial charge in [0.05, 0.1) is 11.4 Å². The molecule has 0 saturated heterocycles. The Bertz CT molecular complexity index is 691. The largest absolute Gasteiger partial charge is 0.397 e. The monoisotopic (exact) mass is 385 g/mol. The molecule has 0 aliphatic carbocycles. The van der Waals surface area contributed by atoms with E-state index in [-0.39, 0.29) is 11.8 Å². The summed E-state index contributed by atoms with van der Waals surface area (Å²) >= 11 is 0. The van der Waals surface area contributed by atoms with Crippen LogP contribution in [0.1, 0.15) is 53.4 Å². The lowest BCUT2D eigenvalue weighted by Crippen LogP contribution is -2.26. The Hall–Kier alpha value is -2.82. The molecule has 0 aromatic heterocycles. The van der Waals surface area contributed by atoms with E-state index in [9.17, 15) is 9.59 Å². The highest BCUT2D eigenvalue weighted by molar-refractivity contribution is 5.97. The molecule has 0 atom stereocenters. The molecule has 2 amide bonds. The smallest absolute Gasteiger partial charge is 0.251 e. The fourth-order valence-corrected chi connectivity index (χ4v) is 2.57. The van der Waals surface area contributed by atoms with Crippen LogP contribution in [0.15, 0.2) is 71.7 Å². The maximum Gasteiger partial charge on any atom is 0.251 e. The minimum atomic E-state index is -0.120. The molecule has 4 N–H and O–H groups in total. The third kappa shape index (κ3) is 10.4. The minimum Gasteiger partial charge on any atom is -0.397 e. The molecule has 28 heavy (non-hydrogen) atoms. The van der Waals surface area contributed by atoms with E-state index in [0.29, 0.717) is 29.9 Å². The summed E-state index contributed by atoms with van der Waals surface area (Å²) in [5.74, 6) is -0.197. The highest BCUT2D eigenvalue weighted by Gasteiger charge is 2.08. The molecule has 0 aromatic carbocycles. The number of amides is 2. The van der Waals surface area contributed by atoms with E-state index in [1.165, 1.54) is 0 Å². The third-order valence-electron chi connectivity index (χ3n) is 3.92. The average Bonchev–Trinajstić information content (AvgIpc) is 2.62. The molecule has 5 heteroatoms. The molecule has 5 nitrogen and oxygen atoms in total. The number of nitrogens with one attached hydrogen (secondary N) is 2. The molecule has 0 rings (SSSR count). The van der Waals surface area contributed by atoms with E-state index >= 15 is 0 Å². The summed E-state index contributed by atoms with van der Waals surface area (Å²) in [6.45, 7) is 15.6. The van der Waals surface area contributed by atoms with Crippen LogP contribution in [0.3, 0.4) is 0 Å². The van der Waals surface area contributed by atoms with E-state index < -0.39 is 0 Å². The lowest BCUT2D eigenvalue weighted by atomic mass is 10.1. The van der Waals surface area contributed by atoms with Crippen LogP contribution in [-0.4, -0.2) is 18.4 Å². The predicted octanol–water partition coefficient (Wildman–Crippen LogP) is 4.18. The molecule has 0 bridgehead atoms. The zero-order valence-electron chi connectivity index (χ0n) is 17.7. The summed E-state index contributed by atoms with van der Waals surface area (Å²) in [7, 11) is 0. The van der Waals surface area contributed by atoms with Crippen molar-refractivity contribution in [2.45, 2.75) is 53.4 Å². The van der Waals surface area contributed by atoms with Gasteiger partial charge in [0.1, 0.15) is 0 Å². The van der Waals surface area contributed by atoms with Gasteiger partial charge in [0.15, 0.2) is 0 Å². The van der Waals surface area contributed by atoms with Gasteiger partial charge in [-0.05, 0) is 52.2 Å². The summed E-state index contributed by atoms with van der Waals surface area (Å²) in [5, 5.41) is 5.71. The Morgan fingerprint density at radius 2 is 1.75 bits per heavy atom. The van der Waals surface area contributed by atoms with E-state index in [0.717, 1.165) is 30.4 Å². The Balaban J connectivity index is 4.28. The van der Waals surface area contributed by atoms with Gasteiger partial charge in [0.25, 0.3) is 5.91 Å². The molecule has 0 saturated carbocycles. The molecule has 0 aliphatic rings. The van der Waals surface area contributed by atoms with Gasteiger partial charge in [-0.3, -0.25) is 9.59 Å². The fraction of sp³-hybridized carbons (Fsp3) is 0.391. The zero-order valence-corrected chi connectivity index (χ0v) is 17.7. The maximum atomic E-state index is 12.2. The van der Waals surface area contributed by atoms with Gasteiger partial charge in [-0.1, -0.05) is 49.5 Å². The van der Waals surface area contributed by atoms with Crippen molar-refractivity contribution in [1.82, 2.24) is 10.6 Å². The lowest BCUT2D eigenvalue weighted by Gasteiger charge is -2.10. The second-order valence-corrected chi connectivity index (χ2v) is 6.70. The van der Waals surface area contributed by atoms with E-state index in [1.807, 2.05) is 33.8 Å². The topological polar surface area (TPSA) is 84.2 Å². The maximum absolute atomic E-state index is 12.2. The van der Waals surface area contributed by atoms with Gasteiger partial charge in [-0.2, -0.15) is 0 Å². The van der Waals surface area contributed by atoms with Gasteiger partial charge < -0.3 is 16.4 Å². The number of hydrogen-bond donors (Lipinski definition) is 3. The SMILES string of the molecule is C=C/C=C(N)\C(=C/C)NC(=O)CCCCCNC(=O)/C(C=C)=C(\C)C=C(C)C. The third-order valence-corrected chi connectivity index (χ3v) is 3.92. The van der Waals surface area contributed by atoms with Crippen LogP contribution in [0.4, 0.5) is 0 Å². The normalized spacial score (nSPS) is 12.6. The molecule has 0 heterocycles. The van der Waals surface area contributed by atoms with Crippen LogP contribution in [0.5, 0.6) is 0 Å². The first-order valence-corrected chi connectivity index (χ1v) is 9.57. The van der Waals surface area contributed by atoms with Crippen LogP contribution < -0.4 is 16.4 Å². The van der Waals surface area contributed by atoms with Crippen molar-refractivity contribution in [1.29, 1.82) is 0 Å². The van der Waals surface area contributed by atoms with Crippen molar-refractivity contribution in [3.05, 3.63) is 71.7 Å². The van der Waals surface area contributed by atoms with Crippen LogP contribution in [0, 0.1) is 0 Å². The molecule has 0 radical (unpaired) electrons. The quantitative estimate of drug-likeness (QED) is 0.268. The van der Waals surface area contributed by atoms with E-state index in [2.05, 4.69) is 23.8 Å². The summed E-state index contributed by atoms with van der Waals surface area (Å²) in [4.78, 5) is 24.2. The molecular weight excluding hydrogens is 350 g/mol. The number of allylic oxidation sites excluding steroid dienone is 6. The van der Waals surface area contributed by atoms with Gasteiger partial charge >= 0.3 is 0 Å². The van der Waals surface area contributed by atoms with Crippen molar-refractivity contribution < 1.29 is 9.59 Å². The standard InChI is InChI=1S/C23H35N3O2/c1-7-13-20(24)21(9-3)26-22(27)14-11-10-12-15-25-23(28)19(8-2)18(6)16-17(4)5/h7-9,13,16H,1-2,10-12,14-15,24H2,3-6H3,(H,25,28)(H,26,27)/b19-18+,20-13+,21-9+. The van der Waals surface area contributed by atoms with Crippen LogP contribution in [-0.2, 0) is 9.59 Å². The highest BCUT2D eigenvalue weighted by atomic mass is 16.2. The van der Waals surface area contributed by atoms with E-state index in [1.54, 1.807) is 24.3 Å². The molecule has 0 aromatic rings. The van der Waals surface area contributed by atoms with E-state index in [4.69, 9.17) is 5.73 Å². The number of carbonyl (C=O) groups is 2. The number of unbranched alkanes of at least 4 members (excludes halogenated alkanes) is 2. The lowest BCUT2D eigenvalue weighted by molar-refractivity contribution is -0.120. The first kappa shape index (κ1) is 25.2. The van der Waals surface area contributed by atoms with Crippen molar-refractivity contribution >= 4 is 11.8 Å². The summed E-state index contributed by atoms with van der Waals surface area (Å²) in [5.41, 5.74) is 9.53. The van der Waals surface area contributed by atoms with Gasteiger partial charge in [0, 0.05) is 18.5 Å². The Morgan fingerprint density at radius 3 is 2.29 bits per heavy atom. The van der Waals surface area contributed by atoms with Gasteiger partial charge in [-0.25, -0.2) is 0 Å². The van der Waals surface area contributed by atoms with Gasteiger partial charge in [-0.15, -0.1) is 0 Å². The second kappa shape index (κ2) is 14.3. The first-order chi connectivity index (χ1) is 13.3. The molecule has 0 fully saturated rings. The van der Waals surface area contributed by atoms with Crippen LogP contribution in [0.2, 0.25) is 0 Å². The number of carbonyl (C=O) groups excluding carboxylic acids is 2. The number of hydrogen-bond acceptors (Lipinski definition) is 3. The van der Waals surface area contributed by atoms with Crippen molar-refractivity contribution in [3.63, 3.8) is 0 Å². The molecule has 154 valence electrons. The fourth-order valence-electron chi connectivity index (χ4n) is 2.57. The number of nitrogens with two attached hydrogens (primary N) is 1. The molecule has 0 aliphatic heterocycles. The Morgan fingerprint density at radius 1 is 1.07 bits per heavy atom. The predicted molar refractivity (Wildman–Crippen MR) is 118 cm³/mol. The molecular formula is C23H35N3O2. The average molecular weight is 386 g/mol. The highest BCUT2D eigenvalue weighted by Crippen LogP contribution is 2.10. The van der Waals surface area contributed by atoms with Crippen LogP contribution >= 0.6 is 0 Å². The van der Waals surface area contributed by atoms with Crippen LogP contribution in [0.25, 0.3) is 0 Å². The van der Waals surface area contributed by atoms with Crippen molar-refractivity contribution in [2.75, 3.05) is 6.54 Å². The Kier molecular flexibility index (Phi) is 12.8. The van der Waals surface area contributed by atoms with Crippen molar-refractivity contribution in [3.8, 4) is 0 Å². The van der Waals surface area contributed by atoms with Gasteiger partial charge in [0.2, 0.25) is 5.91 Å². The number of rotatable bonds is 12. The summed E-state index contributed by atoms with van der Waals surface area (Å²) in [6.07, 6.45) is 11.3. The molecule has 0 unspecified atom stereocenters. The summed E-state index contributed by atoms with van der Waals surface area (Å²) in [6, 6.07) is 0. The Labute approximate surface area is 169 Å². The minimum absolute atomic E-state index is 0.0771. The zero-order chi connectivity index (χ0) is 21.5. The summed E-state index contributed by atoms with van der Waals surface area (Å²) < 4.78 is 0. The molecule has 0 spiro atoms. The first-order valence-electron chi connectivity index (χ1n) is 9.57. The van der Waals surface area contributed by atoms with Crippen molar-refractivity contribution in [2.24, 2.45) is 5.73 Å².